The van der Waals surface area contributed by atoms with Gasteiger partial charge in [0.15, 0.2) is 11.5 Å². The van der Waals surface area contributed by atoms with Crippen molar-refractivity contribution in [3.63, 3.8) is 0 Å². The number of halogens is 3. The van der Waals surface area contributed by atoms with Crippen LogP contribution in [0.2, 0.25) is 0 Å². The van der Waals surface area contributed by atoms with E-state index in [1.165, 1.54) is 36.4 Å². The molecule has 2 aliphatic rings. The Bertz CT molecular complexity index is 1410. The molecule has 0 aliphatic carbocycles. The van der Waals surface area contributed by atoms with Gasteiger partial charge in [-0.3, -0.25) is 0 Å². The molecule has 0 bridgehead atoms. The van der Waals surface area contributed by atoms with Gasteiger partial charge < -0.3 is 20.1 Å². The Balaban J connectivity index is 1.70. The Hall–Kier alpha value is -4.28. The monoisotopic (exact) mass is 477 g/mol. The highest BCUT2D eigenvalue weighted by Crippen LogP contribution is 2.45. The summed E-state index contributed by atoms with van der Waals surface area (Å²) in [6, 6.07) is 13.8. The van der Waals surface area contributed by atoms with E-state index in [1.807, 2.05) is 4.90 Å². The summed E-state index contributed by atoms with van der Waals surface area (Å²) < 4.78 is 50.8. The van der Waals surface area contributed by atoms with Gasteiger partial charge in [-0.05, 0) is 48.7 Å². The summed E-state index contributed by atoms with van der Waals surface area (Å²) in [5.41, 5.74) is 7.37. The second-order valence-corrected chi connectivity index (χ2v) is 8.32. The second kappa shape index (κ2) is 8.49. The summed E-state index contributed by atoms with van der Waals surface area (Å²) >= 11 is 0. The van der Waals surface area contributed by atoms with Crippen LogP contribution in [-0.2, 0) is 0 Å². The lowest BCUT2D eigenvalue weighted by Crippen LogP contribution is -2.40. The lowest BCUT2D eigenvalue weighted by atomic mass is 9.94. The fourth-order valence-corrected chi connectivity index (χ4v) is 4.27. The molecule has 0 unspecified atom stereocenters. The van der Waals surface area contributed by atoms with Crippen LogP contribution in [0.15, 0.2) is 42.5 Å². The zero-order chi connectivity index (χ0) is 24.7. The number of alkyl halides is 2. The zero-order valence-electron chi connectivity index (χ0n) is 18.3. The van der Waals surface area contributed by atoms with Crippen LogP contribution in [0.3, 0.4) is 0 Å². The number of ether oxygens (including phenoxy) is 2. The van der Waals surface area contributed by atoms with Crippen LogP contribution in [-0.4, -0.2) is 30.4 Å². The quantitative estimate of drug-likeness (QED) is 0.590. The van der Waals surface area contributed by atoms with Gasteiger partial charge in [-0.15, -0.1) is 8.78 Å². The third-order valence-corrected chi connectivity index (χ3v) is 6.04. The maximum absolute atomic E-state index is 14.6. The summed E-state index contributed by atoms with van der Waals surface area (Å²) in [6.45, 7) is 1.28. The van der Waals surface area contributed by atoms with E-state index < -0.39 is 12.1 Å². The van der Waals surface area contributed by atoms with Crippen molar-refractivity contribution in [3.8, 4) is 46.0 Å². The number of hydrogen-bond acceptors (Lipinski definition) is 7. The molecule has 3 heterocycles. The number of nitriles is 2. The normalized spacial score (nSPS) is 16.6. The van der Waals surface area contributed by atoms with Gasteiger partial charge in [0, 0.05) is 30.3 Å². The minimum atomic E-state index is -3.80. The van der Waals surface area contributed by atoms with Crippen LogP contribution >= 0.6 is 0 Å². The van der Waals surface area contributed by atoms with Gasteiger partial charge in [-0.25, -0.2) is 9.37 Å². The molecule has 3 aromatic rings. The Kier molecular flexibility index (Phi) is 5.46. The van der Waals surface area contributed by atoms with E-state index in [0.29, 0.717) is 35.6 Å². The second-order valence-electron chi connectivity index (χ2n) is 8.32. The molecule has 10 heteroatoms. The van der Waals surface area contributed by atoms with Crippen molar-refractivity contribution in [2.24, 2.45) is 5.73 Å². The van der Waals surface area contributed by atoms with E-state index >= 15 is 0 Å². The molecule has 5 rings (SSSR count). The molecule has 2 N–H and O–H groups in total. The number of hydrogen-bond donors (Lipinski definition) is 1. The van der Waals surface area contributed by atoms with E-state index in [9.17, 15) is 18.4 Å². The van der Waals surface area contributed by atoms with Crippen molar-refractivity contribution in [2.45, 2.75) is 25.2 Å². The molecule has 176 valence electrons. The molecule has 0 saturated carbocycles. The minimum absolute atomic E-state index is 0.0832. The Labute approximate surface area is 198 Å². The number of nitrogens with two attached hydrogens (primary N) is 1. The molecular formula is C25H18F3N5O2. The molecule has 0 atom stereocenters. The smallest absolute Gasteiger partial charge is 0.395 e. The van der Waals surface area contributed by atoms with E-state index in [1.54, 1.807) is 12.1 Å². The summed E-state index contributed by atoms with van der Waals surface area (Å²) in [5.74, 6) is -0.555. The fourth-order valence-electron chi connectivity index (χ4n) is 4.27. The third kappa shape index (κ3) is 4.20. The molecule has 0 amide bonds. The molecule has 0 radical (unpaired) electrons. The van der Waals surface area contributed by atoms with Crippen molar-refractivity contribution < 1.29 is 22.6 Å². The average Bonchev–Trinajstić information content (AvgIpc) is 3.16. The standard InChI is InChI=1S/C25H18F3N5O2/c26-19-9-15(1-2-16(19)12-29)24-23(14-3-4-20-21(10-14)35-25(27,28)34-20)17(13-30)11-22(32-24)33-7-5-18(31)6-8-33/h1-4,9-11,18H,5-8,31H2. The summed E-state index contributed by atoms with van der Waals surface area (Å²) in [6.07, 6.45) is -2.29. The van der Waals surface area contributed by atoms with Gasteiger partial charge in [0.1, 0.15) is 17.7 Å². The predicted octanol–water partition coefficient (Wildman–Crippen LogP) is 4.55. The molecule has 35 heavy (non-hydrogen) atoms. The number of benzene rings is 2. The zero-order valence-corrected chi connectivity index (χ0v) is 18.3. The Morgan fingerprint density at radius 3 is 2.31 bits per heavy atom. The van der Waals surface area contributed by atoms with Crippen molar-refractivity contribution in [1.29, 1.82) is 10.5 Å². The fraction of sp³-hybridized carbons (Fsp3) is 0.240. The maximum Gasteiger partial charge on any atom is 0.586 e. The van der Waals surface area contributed by atoms with Crippen LogP contribution in [0.5, 0.6) is 11.5 Å². The topological polar surface area (TPSA) is 108 Å². The van der Waals surface area contributed by atoms with Gasteiger partial charge in [0.2, 0.25) is 0 Å². The number of rotatable bonds is 3. The molecule has 2 aliphatic heterocycles. The molecule has 2 aromatic carbocycles. The highest BCUT2D eigenvalue weighted by molar-refractivity contribution is 5.87. The Morgan fingerprint density at radius 2 is 1.63 bits per heavy atom. The van der Waals surface area contributed by atoms with Crippen molar-refractivity contribution >= 4 is 5.82 Å². The minimum Gasteiger partial charge on any atom is -0.395 e. The molecule has 1 aromatic heterocycles. The molecule has 7 nitrogen and oxygen atoms in total. The highest BCUT2D eigenvalue weighted by Gasteiger charge is 2.43. The van der Waals surface area contributed by atoms with Crippen molar-refractivity contribution in [2.75, 3.05) is 18.0 Å². The van der Waals surface area contributed by atoms with Gasteiger partial charge in [-0.1, -0.05) is 12.1 Å². The number of fused-ring (bicyclic) bond motifs is 1. The number of pyridine rings is 1. The predicted molar refractivity (Wildman–Crippen MR) is 120 cm³/mol. The van der Waals surface area contributed by atoms with Crippen LogP contribution in [0.4, 0.5) is 19.0 Å². The highest BCUT2D eigenvalue weighted by atomic mass is 19.3. The Morgan fingerprint density at radius 1 is 0.943 bits per heavy atom. The first-order valence-electron chi connectivity index (χ1n) is 10.8. The lowest BCUT2D eigenvalue weighted by molar-refractivity contribution is -0.286. The number of piperidine rings is 1. The van der Waals surface area contributed by atoms with E-state index in [2.05, 4.69) is 15.5 Å². The summed E-state index contributed by atoms with van der Waals surface area (Å²) in [5, 5.41) is 19.1. The molecule has 0 spiro atoms. The maximum atomic E-state index is 14.6. The lowest BCUT2D eigenvalue weighted by Gasteiger charge is -2.31. The molecule has 1 fully saturated rings. The van der Waals surface area contributed by atoms with Crippen LogP contribution in [0, 0.1) is 28.5 Å². The van der Waals surface area contributed by atoms with Gasteiger partial charge >= 0.3 is 6.29 Å². The van der Waals surface area contributed by atoms with E-state index in [-0.39, 0.29) is 34.4 Å². The van der Waals surface area contributed by atoms with E-state index in [0.717, 1.165) is 12.8 Å². The first-order valence-corrected chi connectivity index (χ1v) is 10.8. The average molecular weight is 477 g/mol. The van der Waals surface area contributed by atoms with Crippen molar-refractivity contribution in [1.82, 2.24) is 4.98 Å². The number of anilines is 1. The van der Waals surface area contributed by atoms with Gasteiger partial charge in [0.25, 0.3) is 0 Å². The first kappa shape index (κ1) is 22.5. The SMILES string of the molecule is N#Cc1ccc(-c2nc(N3CCC(N)CC3)cc(C#N)c2-c2ccc3c(c2)OC(F)(F)O3)cc1F. The largest absolute Gasteiger partial charge is 0.586 e. The van der Waals surface area contributed by atoms with Crippen LogP contribution in [0.25, 0.3) is 22.4 Å². The first-order chi connectivity index (χ1) is 16.8. The summed E-state index contributed by atoms with van der Waals surface area (Å²) in [7, 11) is 0. The number of nitrogens with zero attached hydrogens (tertiary/aromatic N) is 4. The van der Waals surface area contributed by atoms with Gasteiger partial charge in [0.05, 0.1) is 22.9 Å². The van der Waals surface area contributed by atoms with Crippen LogP contribution in [0.1, 0.15) is 24.0 Å². The van der Waals surface area contributed by atoms with Gasteiger partial charge in [-0.2, -0.15) is 10.5 Å². The van der Waals surface area contributed by atoms with E-state index in [4.69, 9.17) is 16.0 Å². The third-order valence-electron chi connectivity index (χ3n) is 6.04. The van der Waals surface area contributed by atoms with Crippen molar-refractivity contribution in [3.05, 3.63) is 59.4 Å². The molecule has 1 saturated heterocycles. The molecular weight excluding hydrogens is 459 g/mol. The number of aromatic nitrogens is 1. The summed E-state index contributed by atoms with van der Waals surface area (Å²) in [4.78, 5) is 6.76. The van der Waals surface area contributed by atoms with Crippen LogP contribution < -0.4 is 20.1 Å².